The van der Waals surface area contributed by atoms with Crippen molar-refractivity contribution < 1.29 is 9.90 Å². The van der Waals surface area contributed by atoms with Gasteiger partial charge in [0.25, 0.3) is 0 Å². The molecular weight excluding hydrogens is 360 g/mol. The van der Waals surface area contributed by atoms with Gasteiger partial charge >= 0.3 is 5.97 Å². The maximum absolute atomic E-state index is 10.4. The van der Waals surface area contributed by atoms with Crippen molar-refractivity contribution >= 4 is 51.5 Å². The van der Waals surface area contributed by atoms with Gasteiger partial charge in [0.2, 0.25) is 0 Å². The number of aliphatic carboxylic acids is 1. The van der Waals surface area contributed by atoms with Gasteiger partial charge in [-0.3, -0.25) is 4.79 Å². The molecule has 0 aromatic carbocycles. The molecule has 0 aromatic heterocycles. The predicted octanol–water partition coefficient (Wildman–Crippen LogP) is 6.73. The summed E-state index contributed by atoms with van der Waals surface area (Å²) in [5.41, 5.74) is 0. The monoisotopic (exact) mass is 400 g/mol. The minimum absolute atomic E-state index is 0. The molecule has 0 saturated carbocycles. The molecule has 3 heteroatoms. The zero-order valence-electron chi connectivity index (χ0n) is 15.8. The van der Waals surface area contributed by atoms with Gasteiger partial charge < -0.3 is 5.11 Å². The van der Waals surface area contributed by atoms with Gasteiger partial charge in [0.15, 0.2) is 0 Å². The van der Waals surface area contributed by atoms with E-state index >= 15 is 0 Å². The van der Waals surface area contributed by atoms with Crippen LogP contribution in [0.5, 0.6) is 0 Å². The van der Waals surface area contributed by atoms with E-state index in [1.807, 2.05) is 0 Å². The molecule has 1 N–H and O–H groups in total. The fourth-order valence-electron chi connectivity index (χ4n) is 3.00. The molecule has 2 radical (unpaired) electrons. The second-order valence-electron chi connectivity index (χ2n) is 6.80. The van der Waals surface area contributed by atoms with Gasteiger partial charge in [-0.15, -0.1) is 0 Å². The van der Waals surface area contributed by atoms with Crippen LogP contribution in [0.2, 0.25) is 0 Å². The summed E-state index contributed by atoms with van der Waals surface area (Å²) in [6, 6.07) is 0. The fraction of sp³-hybridized carbons (Fsp3) is 0.950. The largest absolute Gasteiger partial charge is 0.481 e. The minimum Gasteiger partial charge on any atom is -0.481 e. The molecule has 0 fully saturated rings. The van der Waals surface area contributed by atoms with Crippen LogP contribution in [0.1, 0.15) is 122 Å². The van der Waals surface area contributed by atoms with Crippen molar-refractivity contribution in [2.45, 2.75) is 122 Å². The molecule has 0 amide bonds. The van der Waals surface area contributed by atoms with E-state index in [4.69, 9.17) is 5.11 Å². The Morgan fingerprint density at radius 1 is 0.565 bits per heavy atom. The first-order valence-corrected chi connectivity index (χ1v) is 9.99. The minimum atomic E-state index is -0.652. The van der Waals surface area contributed by atoms with E-state index in [9.17, 15) is 4.79 Å². The topological polar surface area (TPSA) is 37.3 Å². The first-order valence-electron chi connectivity index (χ1n) is 9.99. The van der Waals surface area contributed by atoms with Gasteiger partial charge in [0.05, 0.1) is 0 Å². The number of hydrogen-bond donors (Lipinski definition) is 1. The molecule has 0 unspecified atom stereocenters. The first kappa shape index (κ1) is 26.2. The molecule has 0 aromatic rings. The second-order valence-corrected chi connectivity index (χ2v) is 6.80. The number of carboxylic acids is 1. The third-order valence-electron chi connectivity index (χ3n) is 4.49. The SMILES string of the molecule is CCCCCCCCCCCCCCCCCCCC(=O)O.[Sr]. The Morgan fingerprint density at radius 2 is 0.826 bits per heavy atom. The van der Waals surface area contributed by atoms with Crippen molar-refractivity contribution in [1.82, 2.24) is 0 Å². The predicted molar refractivity (Wildman–Crippen MR) is 102 cm³/mol. The number of unbranched alkanes of at least 4 members (excludes halogenated alkanes) is 16. The molecule has 134 valence electrons. The zero-order valence-corrected chi connectivity index (χ0v) is 19.3. The van der Waals surface area contributed by atoms with Crippen LogP contribution in [0, 0.1) is 0 Å². The Bertz CT molecular complexity index is 232. The summed E-state index contributed by atoms with van der Waals surface area (Å²) in [6.07, 6.45) is 23.1. The van der Waals surface area contributed by atoms with Crippen LogP contribution >= 0.6 is 0 Å². The van der Waals surface area contributed by atoms with Crippen molar-refractivity contribution in [3.05, 3.63) is 0 Å². The van der Waals surface area contributed by atoms with Gasteiger partial charge in [-0.2, -0.15) is 0 Å². The molecule has 0 saturated heterocycles. The Morgan fingerprint density at radius 3 is 1.09 bits per heavy atom. The molecular formula is C20H40O2Sr. The Balaban J connectivity index is 0. The third kappa shape index (κ3) is 25.3. The maximum atomic E-state index is 10.4. The van der Waals surface area contributed by atoms with Crippen molar-refractivity contribution in [3.8, 4) is 0 Å². The van der Waals surface area contributed by atoms with E-state index in [-0.39, 0.29) is 45.5 Å². The average molecular weight is 400 g/mol. The van der Waals surface area contributed by atoms with E-state index in [1.165, 1.54) is 96.3 Å². The smallest absolute Gasteiger partial charge is 0.303 e. The zero-order chi connectivity index (χ0) is 16.3. The Labute approximate surface area is 182 Å². The van der Waals surface area contributed by atoms with E-state index in [0.29, 0.717) is 6.42 Å². The summed E-state index contributed by atoms with van der Waals surface area (Å²) in [7, 11) is 0. The van der Waals surface area contributed by atoms with Gasteiger partial charge in [0, 0.05) is 51.9 Å². The summed E-state index contributed by atoms with van der Waals surface area (Å²) in [5.74, 6) is -0.652. The molecule has 23 heavy (non-hydrogen) atoms. The number of rotatable bonds is 18. The van der Waals surface area contributed by atoms with Crippen molar-refractivity contribution in [2.75, 3.05) is 0 Å². The van der Waals surface area contributed by atoms with Gasteiger partial charge in [-0.25, -0.2) is 0 Å². The summed E-state index contributed by atoms with van der Waals surface area (Å²) in [4.78, 5) is 10.4. The fourth-order valence-corrected chi connectivity index (χ4v) is 3.00. The normalized spacial score (nSPS) is 10.5. The number of hydrogen-bond acceptors (Lipinski definition) is 1. The summed E-state index contributed by atoms with van der Waals surface area (Å²) >= 11 is 0. The van der Waals surface area contributed by atoms with Crippen LogP contribution in [-0.2, 0) is 4.79 Å². The van der Waals surface area contributed by atoms with E-state index in [0.717, 1.165) is 12.8 Å². The summed E-state index contributed by atoms with van der Waals surface area (Å²) in [6.45, 7) is 2.28. The van der Waals surface area contributed by atoms with Crippen molar-refractivity contribution in [1.29, 1.82) is 0 Å². The van der Waals surface area contributed by atoms with Crippen molar-refractivity contribution in [3.63, 3.8) is 0 Å². The third-order valence-corrected chi connectivity index (χ3v) is 4.49. The van der Waals surface area contributed by atoms with E-state index in [2.05, 4.69) is 6.92 Å². The van der Waals surface area contributed by atoms with Crippen LogP contribution in [-0.4, -0.2) is 56.6 Å². The van der Waals surface area contributed by atoms with Gasteiger partial charge in [-0.05, 0) is 6.42 Å². The van der Waals surface area contributed by atoms with Crippen LogP contribution in [0.4, 0.5) is 0 Å². The van der Waals surface area contributed by atoms with Crippen LogP contribution in [0.3, 0.4) is 0 Å². The molecule has 0 aliphatic rings. The first-order chi connectivity index (χ1) is 10.8. The number of carboxylic acid groups (broad SMARTS) is 1. The van der Waals surface area contributed by atoms with Crippen molar-refractivity contribution in [2.24, 2.45) is 0 Å². The quantitative estimate of drug-likeness (QED) is 0.205. The van der Waals surface area contributed by atoms with E-state index in [1.54, 1.807) is 0 Å². The van der Waals surface area contributed by atoms with E-state index < -0.39 is 5.97 Å². The summed E-state index contributed by atoms with van der Waals surface area (Å²) in [5, 5.41) is 8.54. The molecule has 0 rings (SSSR count). The van der Waals surface area contributed by atoms with Gasteiger partial charge in [-0.1, -0.05) is 110 Å². The Kier molecular flexibility index (Phi) is 26.1. The maximum Gasteiger partial charge on any atom is 0.303 e. The average Bonchev–Trinajstić information content (AvgIpc) is 2.50. The molecule has 0 bridgehead atoms. The number of carbonyl (C=O) groups is 1. The second kappa shape index (κ2) is 23.0. The summed E-state index contributed by atoms with van der Waals surface area (Å²) < 4.78 is 0. The molecule has 0 spiro atoms. The molecule has 0 heterocycles. The molecule has 2 nitrogen and oxygen atoms in total. The molecule has 0 aliphatic carbocycles. The van der Waals surface area contributed by atoms with Crippen LogP contribution < -0.4 is 0 Å². The van der Waals surface area contributed by atoms with Gasteiger partial charge in [0.1, 0.15) is 0 Å². The standard InChI is InChI=1S/C20H40O2.Sr/c1-2-3-4-5-6-7-8-9-10-11-12-13-14-15-16-17-18-19-20(21)22;/h2-19H2,1H3,(H,21,22);. The van der Waals surface area contributed by atoms with Crippen LogP contribution in [0.15, 0.2) is 0 Å². The van der Waals surface area contributed by atoms with Crippen LogP contribution in [0.25, 0.3) is 0 Å². The Hall–Kier alpha value is 0.951. The molecule has 0 aliphatic heterocycles. The molecule has 0 atom stereocenters.